The van der Waals surface area contributed by atoms with Crippen molar-refractivity contribution < 1.29 is 13.9 Å². The first-order valence-electron chi connectivity index (χ1n) is 12.5. The number of benzene rings is 3. The van der Waals surface area contributed by atoms with Gasteiger partial charge in [0.05, 0.1) is 24.7 Å². The number of piperazine rings is 1. The molecular formula is C30H31N3O4. The molecule has 0 spiro atoms. The molecular weight excluding hydrogens is 466 g/mol. The Balaban J connectivity index is 1.24. The topological polar surface area (TPSA) is 75.0 Å². The van der Waals surface area contributed by atoms with Crippen LogP contribution in [-0.2, 0) is 11.3 Å². The largest absolute Gasteiger partial charge is 0.495 e. The summed E-state index contributed by atoms with van der Waals surface area (Å²) < 4.78 is 11.8. The molecule has 0 bridgehead atoms. The molecule has 1 N–H and O–H groups in total. The van der Waals surface area contributed by atoms with Gasteiger partial charge in [-0.15, -0.1) is 0 Å². The number of para-hydroxylation sites is 3. The van der Waals surface area contributed by atoms with Gasteiger partial charge in [0.1, 0.15) is 17.1 Å². The van der Waals surface area contributed by atoms with Crippen LogP contribution in [-0.4, -0.2) is 50.6 Å². The molecule has 0 unspecified atom stereocenters. The number of ether oxygens (including phenoxy) is 1. The van der Waals surface area contributed by atoms with Crippen LogP contribution >= 0.6 is 0 Å². The van der Waals surface area contributed by atoms with Gasteiger partial charge >= 0.3 is 0 Å². The van der Waals surface area contributed by atoms with E-state index in [2.05, 4.69) is 21.2 Å². The predicted octanol–water partition coefficient (Wildman–Crippen LogP) is 4.22. The molecule has 5 rings (SSSR count). The van der Waals surface area contributed by atoms with Gasteiger partial charge in [0.2, 0.25) is 5.91 Å². The van der Waals surface area contributed by atoms with Crippen molar-refractivity contribution in [3.8, 4) is 17.1 Å². The maximum Gasteiger partial charge on any atom is 0.234 e. The number of hydrogen-bond acceptors (Lipinski definition) is 6. The average Bonchev–Trinajstić information content (AvgIpc) is 2.94. The molecule has 2 heterocycles. The van der Waals surface area contributed by atoms with Gasteiger partial charge in [0.25, 0.3) is 0 Å². The molecule has 1 saturated heterocycles. The molecule has 0 saturated carbocycles. The summed E-state index contributed by atoms with van der Waals surface area (Å²) in [6.07, 6.45) is 0. The smallest absolute Gasteiger partial charge is 0.234 e. The summed E-state index contributed by atoms with van der Waals surface area (Å²) in [5.41, 5.74) is 3.75. The van der Waals surface area contributed by atoms with Crippen LogP contribution in [0.2, 0.25) is 0 Å². The van der Waals surface area contributed by atoms with Crippen LogP contribution in [0.25, 0.3) is 22.3 Å². The summed E-state index contributed by atoms with van der Waals surface area (Å²) in [6, 6.07) is 23.1. The van der Waals surface area contributed by atoms with Gasteiger partial charge in [-0.2, -0.15) is 0 Å². The molecule has 1 amide bonds. The van der Waals surface area contributed by atoms with Crippen molar-refractivity contribution in [1.82, 2.24) is 10.2 Å². The number of nitrogens with one attached hydrogen (secondary N) is 1. The molecule has 0 atom stereocenters. The van der Waals surface area contributed by atoms with Crippen molar-refractivity contribution in [2.75, 3.05) is 44.7 Å². The Hall–Kier alpha value is -4.10. The Morgan fingerprint density at radius 3 is 2.43 bits per heavy atom. The highest BCUT2D eigenvalue weighted by molar-refractivity contribution is 5.84. The Bertz CT molecular complexity index is 1460. The van der Waals surface area contributed by atoms with Crippen molar-refractivity contribution in [3.05, 3.63) is 94.1 Å². The van der Waals surface area contributed by atoms with Gasteiger partial charge in [0, 0.05) is 49.4 Å². The number of rotatable bonds is 7. The van der Waals surface area contributed by atoms with E-state index in [-0.39, 0.29) is 17.9 Å². The number of carbonyl (C=O) groups excluding carboxylic acids is 1. The van der Waals surface area contributed by atoms with Gasteiger partial charge in [-0.3, -0.25) is 14.5 Å². The molecule has 0 aliphatic carbocycles. The van der Waals surface area contributed by atoms with E-state index >= 15 is 0 Å². The molecule has 1 aliphatic heterocycles. The van der Waals surface area contributed by atoms with Crippen LogP contribution in [0.1, 0.15) is 11.1 Å². The average molecular weight is 498 g/mol. The normalized spacial score (nSPS) is 14.1. The summed E-state index contributed by atoms with van der Waals surface area (Å²) in [4.78, 5) is 30.3. The molecule has 1 fully saturated rings. The van der Waals surface area contributed by atoms with E-state index in [1.807, 2.05) is 60.7 Å². The molecule has 0 radical (unpaired) electrons. The molecule has 4 aromatic rings. The minimum Gasteiger partial charge on any atom is -0.495 e. The zero-order valence-corrected chi connectivity index (χ0v) is 21.2. The second-order valence-corrected chi connectivity index (χ2v) is 9.26. The monoisotopic (exact) mass is 497 g/mol. The molecule has 190 valence electrons. The van der Waals surface area contributed by atoms with E-state index in [4.69, 9.17) is 9.15 Å². The Labute approximate surface area is 216 Å². The second kappa shape index (κ2) is 10.9. The minimum atomic E-state index is -0.0551. The van der Waals surface area contributed by atoms with Crippen molar-refractivity contribution in [2.24, 2.45) is 0 Å². The lowest BCUT2D eigenvalue weighted by molar-refractivity contribution is -0.122. The predicted molar refractivity (Wildman–Crippen MR) is 146 cm³/mol. The van der Waals surface area contributed by atoms with E-state index in [0.717, 1.165) is 48.7 Å². The molecule has 3 aromatic carbocycles. The minimum absolute atomic E-state index is 0.0544. The quantitative estimate of drug-likeness (QED) is 0.412. The van der Waals surface area contributed by atoms with Crippen molar-refractivity contribution in [1.29, 1.82) is 0 Å². The highest BCUT2D eigenvalue weighted by atomic mass is 16.5. The fourth-order valence-corrected chi connectivity index (χ4v) is 4.86. The number of carbonyl (C=O) groups is 1. The Morgan fingerprint density at radius 1 is 0.946 bits per heavy atom. The van der Waals surface area contributed by atoms with Crippen molar-refractivity contribution in [3.63, 3.8) is 0 Å². The molecule has 1 aliphatic rings. The van der Waals surface area contributed by atoms with E-state index in [9.17, 15) is 9.59 Å². The molecule has 37 heavy (non-hydrogen) atoms. The molecule has 1 aromatic heterocycles. The third-order valence-electron chi connectivity index (χ3n) is 6.90. The van der Waals surface area contributed by atoms with Crippen LogP contribution in [0, 0.1) is 6.92 Å². The van der Waals surface area contributed by atoms with E-state index < -0.39 is 0 Å². The second-order valence-electron chi connectivity index (χ2n) is 9.26. The van der Waals surface area contributed by atoms with E-state index in [1.54, 1.807) is 20.1 Å². The van der Waals surface area contributed by atoms with Gasteiger partial charge in [-0.25, -0.2) is 0 Å². The zero-order chi connectivity index (χ0) is 25.8. The highest BCUT2D eigenvalue weighted by Gasteiger charge is 2.21. The van der Waals surface area contributed by atoms with Crippen LogP contribution in [0.15, 0.2) is 82.0 Å². The number of anilines is 1. The number of hydrogen-bond donors (Lipinski definition) is 1. The first-order chi connectivity index (χ1) is 18.0. The maximum atomic E-state index is 13.1. The molecule has 7 nitrogen and oxygen atoms in total. The lowest BCUT2D eigenvalue weighted by atomic mass is 10.0. The summed E-state index contributed by atoms with van der Waals surface area (Å²) in [5, 5.41) is 3.54. The van der Waals surface area contributed by atoms with Crippen LogP contribution in [0.4, 0.5) is 5.69 Å². The highest BCUT2D eigenvalue weighted by Crippen LogP contribution is 2.29. The third kappa shape index (κ3) is 5.22. The fourth-order valence-electron chi connectivity index (χ4n) is 4.86. The van der Waals surface area contributed by atoms with Crippen LogP contribution in [0.3, 0.4) is 0 Å². The van der Waals surface area contributed by atoms with E-state index in [1.165, 1.54) is 0 Å². The van der Waals surface area contributed by atoms with Gasteiger partial charge in [-0.1, -0.05) is 54.6 Å². The zero-order valence-electron chi connectivity index (χ0n) is 21.2. The first-order valence-corrected chi connectivity index (χ1v) is 12.5. The SMILES string of the molecule is COc1ccccc1N1CCN(CC(=O)NCc2cccc3c(=O)c(C)c(-c4ccccc4)oc23)CC1. The lowest BCUT2D eigenvalue weighted by Gasteiger charge is -2.36. The maximum absolute atomic E-state index is 13.1. The number of methoxy groups -OCH3 is 1. The third-order valence-corrected chi connectivity index (χ3v) is 6.90. The van der Waals surface area contributed by atoms with Gasteiger partial charge < -0.3 is 19.4 Å². The summed E-state index contributed by atoms with van der Waals surface area (Å²) in [6.45, 7) is 5.62. The lowest BCUT2D eigenvalue weighted by Crippen LogP contribution is -2.49. The first kappa shape index (κ1) is 24.6. The van der Waals surface area contributed by atoms with E-state index in [0.29, 0.717) is 28.8 Å². The Kier molecular flexibility index (Phi) is 7.23. The van der Waals surface area contributed by atoms with Crippen molar-refractivity contribution in [2.45, 2.75) is 13.5 Å². The number of amides is 1. The Morgan fingerprint density at radius 2 is 1.68 bits per heavy atom. The van der Waals surface area contributed by atoms with Crippen molar-refractivity contribution >= 4 is 22.6 Å². The fraction of sp³-hybridized carbons (Fsp3) is 0.267. The number of fused-ring (bicyclic) bond motifs is 1. The van der Waals surface area contributed by atoms with Crippen LogP contribution < -0.4 is 20.4 Å². The molecule has 7 heteroatoms. The van der Waals surface area contributed by atoms with Gasteiger partial charge in [-0.05, 0) is 25.1 Å². The summed E-state index contributed by atoms with van der Waals surface area (Å²) >= 11 is 0. The summed E-state index contributed by atoms with van der Waals surface area (Å²) in [5.74, 6) is 1.37. The van der Waals surface area contributed by atoms with Gasteiger partial charge in [0.15, 0.2) is 5.43 Å². The van der Waals surface area contributed by atoms with Crippen LogP contribution in [0.5, 0.6) is 5.75 Å². The summed E-state index contributed by atoms with van der Waals surface area (Å²) in [7, 11) is 1.68. The number of nitrogens with zero attached hydrogens (tertiary/aromatic N) is 2. The standard InChI is InChI=1S/C30H31N3O4/c1-21-28(35)24-12-8-11-23(30(24)37-29(21)22-9-4-3-5-10-22)19-31-27(34)20-32-15-17-33(18-16-32)25-13-6-7-14-26(25)36-2/h3-14H,15-20H2,1-2H3,(H,31,34).